The molecule has 1 aromatic carbocycles. The molecule has 0 aliphatic rings. The fraction of sp³-hybridized carbons (Fsp3) is 0.154. The molecule has 0 unspecified atom stereocenters. The molecule has 112 valence electrons. The summed E-state index contributed by atoms with van der Waals surface area (Å²) in [5, 5.41) is 7.22. The predicted molar refractivity (Wildman–Crippen MR) is 77.6 cm³/mol. The molecule has 3 amide bonds. The van der Waals surface area contributed by atoms with Gasteiger partial charge in [-0.1, -0.05) is 24.3 Å². The van der Waals surface area contributed by atoms with Gasteiger partial charge in [0.2, 0.25) is 0 Å². The Bertz CT molecular complexity index is 619. The average Bonchev–Trinajstić information content (AvgIpc) is 2.39. The summed E-state index contributed by atoms with van der Waals surface area (Å²) >= 11 is 5.80. The van der Waals surface area contributed by atoms with E-state index in [4.69, 9.17) is 27.5 Å². The highest BCUT2D eigenvalue weighted by Crippen LogP contribution is 2.32. The Morgan fingerprint density at radius 3 is 2.67 bits per heavy atom. The van der Waals surface area contributed by atoms with E-state index in [2.05, 4.69) is 6.58 Å². The topological polar surface area (TPSA) is 96.5 Å². The summed E-state index contributed by atoms with van der Waals surface area (Å²) in [5.41, 5.74) is 4.16. The van der Waals surface area contributed by atoms with Crippen molar-refractivity contribution in [1.29, 1.82) is 5.41 Å². The zero-order chi connectivity index (χ0) is 16.2. The highest BCUT2D eigenvalue weighted by molar-refractivity contribution is 6.46. The fourth-order valence-electron chi connectivity index (χ4n) is 1.44. The second-order valence-corrected chi connectivity index (χ2v) is 4.34. The van der Waals surface area contributed by atoms with Crippen LogP contribution < -0.4 is 15.4 Å². The third-order valence-electron chi connectivity index (χ3n) is 2.34. The van der Waals surface area contributed by atoms with Crippen LogP contribution in [0.25, 0.3) is 0 Å². The average molecular weight is 314 g/mol. The van der Waals surface area contributed by atoms with Gasteiger partial charge in [0.15, 0.2) is 0 Å². The number of hydrogen-bond acceptors (Lipinski definition) is 4. The number of halogens is 2. The van der Waals surface area contributed by atoms with Crippen molar-refractivity contribution in [3.8, 4) is 5.75 Å². The third-order valence-corrected chi connectivity index (χ3v) is 2.64. The summed E-state index contributed by atoms with van der Waals surface area (Å²) in [5.74, 6) is -1.94. The number of urea groups is 1. The van der Waals surface area contributed by atoms with E-state index in [1.165, 1.54) is 6.08 Å². The van der Waals surface area contributed by atoms with E-state index in [-0.39, 0.29) is 17.4 Å². The van der Waals surface area contributed by atoms with Crippen molar-refractivity contribution in [3.05, 3.63) is 35.6 Å². The summed E-state index contributed by atoms with van der Waals surface area (Å²) in [6, 6.07) is 0.729. The van der Waals surface area contributed by atoms with E-state index < -0.39 is 29.2 Å². The molecule has 8 heteroatoms. The van der Waals surface area contributed by atoms with Crippen LogP contribution in [0.1, 0.15) is 6.92 Å². The number of imide groups is 1. The smallest absolute Gasteiger partial charge is 0.326 e. The van der Waals surface area contributed by atoms with Gasteiger partial charge in [-0.3, -0.25) is 10.2 Å². The number of primary amides is 1. The Hall–Kier alpha value is -2.41. The first kappa shape index (κ1) is 16.6. The first-order chi connectivity index (χ1) is 9.79. The van der Waals surface area contributed by atoms with E-state index >= 15 is 0 Å². The number of hydrogen-bond donors (Lipinski definition) is 2. The van der Waals surface area contributed by atoms with Crippen molar-refractivity contribution < 1.29 is 18.7 Å². The lowest BCUT2D eigenvalue weighted by atomic mass is 10.2. The maximum atomic E-state index is 14.0. The predicted octanol–water partition coefficient (Wildman–Crippen LogP) is 2.50. The Balaban J connectivity index is 3.37. The number of ether oxygens (including phenoxy) is 1. The quantitative estimate of drug-likeness (QED) is 0.645. The van der Waals surface area contributed by atoms with Crippen LogP contribution in [0.3, 0.4) is 0 Å². The number of nitrogens with one attached hydrogen (secondary N) is 1. The number of nitrogens with two attached hydrogens (primary N) is 1. The number of anilines is 1. The summed E-state index contributed by atoms with van der Waals surface area (Å²) in [4.78, 5) is 23.5. The summed E-state index contributed by atoms with van der Waals surface area (Å²) in [6.07, 6.45) is 1.44. The first-order valence-electron chi connectivity index (χ1n) is 5.71. The number of benzene rings is 1. The Morgan fingerprint density at radius 2 is 2.19 bits per heavy atom. The van der Waals surface area contributed by atoms with Crippen molar-refractivity contribution in [3.63, 3.8) is 0 Å². The molecule has 3 N–H and O–H groups in total. The van der Waals surface area contributed by atoms with Crippen molar-refractivity contribution in [1.82, 2.24) is 0 Å². The number of rotatable bonds is 5. The van der Waals surface area contributed by atoms with Gasteiger partial charge in [-0.25, -0.2) is 14.1 Å². The van der Waals surface area contributed by atoms with Crippen LogP contribution in [-0.2, 0) is 4.79 Å². The van der Waals surface area contributed by atoms with Crippen molar-refractivity contribution in [2.75, 3.05) is 11.5 Å². The Kier molecular flexibility index (Phi) is 5.43. The molecule has 0 atom stereocenters. The summed E-state index contributed by atoms with van der Waals surface area (Å²) in [6.45, 7) is 4.70. The van der Waals surface area contributed by atoms with Crippen LogP contribution in [0.5, 0.6) is 5.75 Å². The van der Waals surface area contributed by atoms with E-state index in [0.29, 0.717) is 4.90 Å². The molecule has 0 radical (unpaired) electrons. The minimum Gasteiger partial charge on any atom is -0.488 e. The largest absolute Gasteiger partial charge is 0.488 e. The minimum absolute atomic E-state index is 0.0402. The van der Waals surface area contributed by atoms with E-state index in [1.807, 2.05) is 0 Å². The second kappa shape index (κ2) is 6.85. The maximum Gasteiger partial charge on any atom is 0.326 e. The van der Waals surface area contributed by atoms with Gasteiger partial charge in [-0.2, -0.15) is 0 Å². The van der Waals surface area contributed by atoms with Crippen molar-refractivity contribution >= 4 is 34.9 Å². The highest BCUT2D eigenvalue weighted by atomic mass is 35.5. The van der Waals surface area contributed by atoms with Gasteiger partial charge in [-0.15, -0.1) is 0 Å². The van der Waals surface area contributed by atoms with Gasteiger partial charge in [0.25, 0.3) is 5.91 Å². The van der Waals surface area contributed by atoms with Gasteiger partial charge in [0, 0.05) is 6.07 Å². The molecule has 0 bridgehead atoms. The number of amides is 3. The molecule has 1 aromatic rings. The first-order valence-corrected chi connectivity index (χ1v) is 6.09. The Labute approximate surface area is 125 Å². The molecule has 6 nitrogen and oxygen atoms in total. The fourth-order valence-corrected chi connectivity index (χ4v) is 1.65. The standard InChI is InChI=1S/C13H13ClFN3O3/c1-3-4-21-11-6-10(9(15)5-8(11)14)18(13(17)20)12(19)7(2)16/h3,5-6,16H,1,4H2,2H3,(H2,17,20). The molecular formula is C13H13ClFN3O3. The summed E-state index contributed by atoms with van der Waals surface area (Å²) < 4.78 is 19.1. The monoisotopic (exact) mass is 313 g/mol. The minimum atomic E-state index is -1.22. The lowest BCUT2D eigenvalue weighted by Gasteiger charge is -2.20. The molecule has 0 aliphatic carbocycles. The van der Waals surface area contributed by atoms with Crippen LogP contribution in [0.2, 0.25) is 5.02 Å². The summed E-state index contributed by atoms with van der Waals surface area (Å²) in [7, 11) is 0. The normalized spacial score (nSPS) is 9.86. The zero-order valence-electron chi connectivity index (χ0n) is 11.2. The van der Waals surface area contributed by atoms with Crippen LogP contribution in [0, 0.1) is 11.2 Å². The molecule has 0 aliphatic heterocycles. The van der Waals surface area contributed by atoms with Crippen molar-refractivity contribution in [2.24, 2.45) is 5.73 Å². The molecule has 0 saturated carbocycles. The number of carbonyl (C=O) groups excluding carboxylic acids is 2. The van der Waals surface area contributed by atoms with Crippen molar-refractivity contribution in [2.45, 2.75) is 6.92 Å². The SMILES string of the molecule is C=CCOc1cc(N(C(N)=O)C(=O)C(C)=N)c(F)cc1Cl. The molecular weight excluding hydrogens is 301 g/mol. The lowest BCUT2D eigenvalue weighted by Crippen LogP contribution is -2.44. The molecule has 0 aromatic heterocycles. The molecule has 0 spiro atoms. The third kappa shape index (κ3) is 3.79. The number of carbonyl (C=O) groups is 2. The Morgan fingerprint density at radius 1 is 1.57 bits per heavy atom. The van der Waals surface area contributed by atoms with E-state index in [1.54, 1.807) is 0 Å². The maximum absolute atomic E-state index is 14.0. The molecule has 0 heterocycles. The van der Waals surface area contributed by atoms with Gasteiger partial charge in [-0.05, 0) is 13.0 Å². The highest BCUT2D eigenvalue weighted by Gasteiger charge is 2.27. The second-order valence-electron chi connectivity index (χ2n) is 3.94. The van der Waals surface area contributed by atoms with Gasteiger partial charge in [0.05, 0.1) is 16.4 Å². The molecule has 21 heavy (non-hydrogen) atoms. The van der Waals surface area contributed by atoms with E-state index in [9.17, 15) is 14.0 Å². The van der Waals surface area contributed by atoms with Gasteiger partial charge >= 0.3 is 6.03 Å². The molecule has 1 rings (SSSR count). The zero-order valence-corrected chi connectivity index (χ0v) is 11.9. The van der Waals surface area contributed by atoms with Crippen LogP contribution in [0.15, 0.2) is 24.8 Å². The molecule has 0 fully saturated rings. The van der Waals surface area contributed by atoms with Gasteiger partial charge < -0.3 is 10.5 Å². The van der Waals surface area contributed by atoms with Gasteiger partial charge in [0.1, 0.15) is 18.2 Å². The molecule has 0 saturated heterocycles. The van der Waals surface area contributed by atoms with Crippen LogP contribution >= 0.6 is 11.6 Å². The lowest BCUT2D eigenvalue weighted by molar-refractivity contribution is -0.112. The van der Waals surface area contributed by atoms with E-state index in [0.717, 1.165) is 19.1 Å². The van der Waals surface area contributed by atoms with Crippen LogP contribution in [0.4, 0.5) is 14.9 Å². The number of nitrogens with zero attached hydrogens (tertiary/aromatic N) is 1. The van der Waals surface area contributed by atoms with Crippen LogP contribution in [-0.4, -0.2) is 24.3 Å².